The normalized spacial score (nSPS) is 20.6. The van der Waals surface area contributed by atoms with E-state index in [-0.39, 0.29) is 0 Å². The van der Waals surface area contributed by atoms with Crippen LogP contribution in [-0.4, -0.2) is 36.1 Å². The molecule has 1 aromatic heterocycles. The third-order valence-corrected chi connectivity index (χ3v) is 3.33. The first kappa shape index (κ1) is 11.8. The molecule has 88 valence electrons. The Labute approximate surface area is 102 Å². The molecule has 0 bridgehead atoms. The molecule has 2 heterocycles. The molecule has 0 saturated carbocycles. The molecule has 0 aliphatic carbocycles. The lowest BCUT2D eigenvalue weighted by Gasteiger charge is -2.21. The van der Waals surface area contributed by atoms with E-state index in [0.29, 0.717) is 6.04 Å². The Morgan fingerprint density at radius 1 is 1.62 bits per heavy atom. The van der Waals surface area contributed by atoms with Crippen LogP contribution in [0, 0.1) is 0 Å². The van der Waals surface area contributed by atoms with Crippen molar-refractivity contribution in [2.45, 2.75) is 25.4 Å². The van der Waals surface area contributed by atoms with Crippen molar-refractivity contribution in [2.75, 3.05) is 20.1 Å². The van der Waals surface area contributed by atoms with Crippen LogP contribution in [0.1, 0.15) is 18.4 Å². The predicted molar refractivity (Wildman–Crippen MR) is 66.6 cm³/mol. The van der Waals surface area contributed by atoms with Crippen molar-refractivity contribution in [1.29, 1.82) is 0 Å². The number of aromatic nitrogens is 1. The van der Waals surface area contributed by atoms with Gasteiger partial charge in [-0.3, -0.25) is 4.98 Å². The molecule has 16 heavy (non-hydrogen) atoms. The summed E-state index contributed by atoms with van der Waals surface area (Å²) in [6.45, 7) is 3.13. The van der Waals surface area contributed by atoms with Gasteiger partial charge in [-0.25, -0.2) is 0 Å². The summed E-state index contributed by atoms with van der Waals surface area (Å²) >= 11 is 6.08. The van der Waals surface area contributed by atoms with Crippen LogP contribution in [0.5, 0.6) is 0 Å². The smallest absolute Gasteiger partial charge is 0.0634 e. The lowest BCUT2D eigenvalue weighted by atomic mass is 10.2. The molecule has 1 unspecified atom stereocenters. The Balaban J connectivity index is 1.86. The van der Waals surface area contributed by atoms with E-state index in [9.17, 15) is 0 Å². The van der Waals surface area contributed by atoms with E-state index >= 15 is 0 Å². The zero-order valence-electron chi connectivity index (χ0n) is 9.62. The molecule has 4 heteroatoms. The van der Waals surface area contributed by atoms with Gasteiger partial charge in [0.2, 0.25) is 0 Å². The zero-order chi connectivity index (χ0) is 11.4. The number of likely N-dealkylation sites (N-methyl/N-ethyl adjacent to an activating group) is 1. The fraction of sp³-hybridized carbons (Fsp3) is 0.583. The van der Waals surface area contributed by atoms with Gasteiger partial charge < -0.3 is 10.2 Å². The maximum atomic E-state index is 6.08. The number of hydrogen-bond acceptors (Lipinski definition) is 3. The van der Waals surface area contributed by atoms with Crippen molar-refractivity contribution in [1.82, 2.24) is 15.2 Å². The Morgan fingerprint density at radius 3 is 3.19 bits per heavy atom. The van der Waals surface area contributed by atoms with Crippen LogP contribution < -0.4 is 5.32 Å². The van der Waals surface area contributed by atoms with Gasteiger partial charge in [0.05, 0.1) is 5.02 Å². The molecule has 1 N–H and O–H groups in total. The SMILES string of the molecule is CN(Cc1ccncc1Cl)CC1CCCN1. The van der Waals surface area contributed by atoms with Gasteiger partial charge in [0.15, 0.2) is 0 Å². The molecule has 0 aromatic carbocycles. The van der Waals surface area contributed by atoms with Crippen LogP contribution in [0.4, 0.5) is 0 Å². The van der Waals surface area contributed by atoms with E-state index in [0.717, 1.165) is 30.2 Å². The lowest BCUT2D eigenvalue weighted by Crippen LogP contribution is -2.35. The van der Waals surface area contributed by atoms with Gasteiger partial charge in [0.1, 0.15) is 0 Å². The molecule has 1 atom stereocenters. The molecule has 1 fully saturated rings. The summed E-state index contributed by atoms with van der Waals surface area (Å²) in [7, 11) is 2.14. The van der Waals surface area contributed by atoms with E-state index in [2.05, 4.69) is 22.2 Å². The van der Waals surface area contributed by atoms with Gasteiger partial charge in [-0.1, -0.05) is 11.6 Å². The topological polar surface area (TPSA) is 28.2 Å². The van der Waals surface area contributed by atoms with Crippen molar-refractivity contribution in [3.63, 3.8) is 0 Å². The number of rotatable bonds is 4. The second-order valence-electron chi connectivity index (χ2n) is 4.46. The van der Waals surface area contributed by atoms with Crippen LogP contribution in [-0.2, 0) is 6.54 Å². The van der Waals surface area contributed by atoms with E-state index in [1.54, 1.807) is 12.4 Å². The monoisotopic (exact) mass is 239 g/mol. The van der Waals surface area contributed by atoms with E-state index in [1.807, 2.05) is 6.07 Å². The molecule has 0 amide bonds. The highest BCUT2D eigenvalue weighted by molar-refractivity contribution is 6.31. The van der Waals surface area contributed by atoms with Gasteiger partial charge >= 0.3 is 0 Å². The molecular weight excluding hydrogens is 222 g/mol. The van der Waals surface area contributed by atoms with Crippen LogP contribution >= 0.6 is 11.6 Å². The molecule has 3 nitrogen and oxygen atoms in total. The highest BCUT2D eigenvalue weighted by Crippen LogP contribution is 2.15. The summed E-state index contributed by atoms with van der Waals surface area (Å²) in [4.78, 5) is 6.30. The van der Waals surface area contributed by atoms with E-state index in [1.165, 1.54) is 12.8 Å². The minimum atomic E-state index is 0.644. The zero-order valence-corrected chi connectivity index (χ0v) is 10.4. The van der Waals surface area contributed by atoms with Gasteiger partial charge in [-0.2, -0.15) is 0 Å². The Hall–Kier alpha value is -0.640. The molecular formula is C12H18ClN3. The molecule has 0 spiro atoms. The minimum absolute atomic E-state index is 0.644. The maximum Gasteiger partial charge on any atom is 0.0634 e. The van der Waals surface area contributed by atoms with Crippen LogP contribution in [0.15, 0.2) is 18.5 Å². The summed E-state index contributed by atoms with van der Waals surface area (Å²) in [5.41, 5.74) is 1.15. The Bertz CT molecular complexity index is 337. The fourth-order valence-corrected chi connectivity index (χ4v) is 2.36. The highest BCUT2D eigenvalue weighted by Gasteiger charge is 2.16. The quantitative estimate of drug-likeness (QED) is 0.870. The Morgan fingerprint density at radius 2 is 2.50 bits per heavy atom. The first-order valence-electron chi connectivity index (χ1n) is 5.76. The maximum absolute atomic E-state index is 6.08. The first-order chi connectivity index (χ1) is 7.75. The van der Waals surface area contributed by atoms with E-state index in [4.69, 9.17) is 11.6 Å². The third-order valence-electron chi connectivity index (χ3n) is 2.99. The first-order valence-corrected chi connectivity index (χ1v) is 6.14. The minimum Gasteiger partial charge on any atom is -0.313 e. The summed E-state index contributed by atoms with van der Waals surface area (Å²) < 4.78 is 0. The molecule has 1 aromatic rings. The van der Waals surface area contributed by atoms with Crippen LogP contribution in [0.2, 0.25) is 5.02 Å². The van der Waals surface area contributed by atoms with Crippen molar-refractivity contribution in [3.05, 3.63) is 29.0 Å². The van der Waals surface area contributed by atoms with Crippen molar-refractivity contribution >= 4 is 11.6 Å². The Kier molecular flexibility index (Phi) is 4.16. The standard InChI is InChI=1S/C12H18ClN3/c1-16(9-11-3-2-5-15-11)8-10-4-6-14-7-12(10)13/h4,6-7,11,15H,2-3,5,8-9H2,1H3. The van der Waals surface area contributed by atoms with Crippen molar-refractivity contribution in [3.8, 4) is 0 Å². The second kappa shape index (κ2) is 5.62. The fourth-order valence-electron chi connectivity index (χ4n) is 2.18. The van der Waals surface area contributed by atoms with Gasteiger partial charge in [0.25, 0.3) is 0 Å². The second-order valence-corrected chi connectivity index (χ2v) is 4.86. The summed E-state index contributed by atoms with van der Waals surface area (Å²) in [6, 6.07) is 2.63. The highest BCUT2D eigenvalue weighted by atomic mass is 35.5. The number of nitrogens with one attached hydrogen (secondary N) is 1. The molecule has 1 aliphatic rings. The van der Waals surface area contributed by atoms with Crippen molar-refractivity contribution in [2.24, 2.45) is 0 Å². The number of pyridine rings is 1. The summed E-state index contributed by atoms with van der Waals surface area (Å²) in [5, 5.41) is 4.26. The van der Waals surface area contributed by atoms with Gasteiger partial charge in [-0.05, 0) is 38.1 Å². The molecule has 1 aliphatic heterocycles. The van der Waals surface area contributed by atoms with Crippen molar-refractivity contribution < 1.29 is 0 Å². The third kappa shape index (κ3) is 3.17. The number of nitrogens with zero attached hydrogens (tertiary/aromatic N) is 2. The molecule has 0 radical (unpaired) electrons. The van der Waals surface area contributed by atoms with Crippen LogP contribution in [0.25, 0.3) is 0 Å². The lowest BCUT2D eigenvalue weighted by molar-refractivity contribution is 0.293. The summed E-state index contributed by atoms with van der Waals surface area (Å²) in [6.07, 6.45) is 6.09. The van der Waals surface area contributed by atoms with Gasteiger partial charge in [-0.15, -0.1) is 0 Å². The average molecular weight is 240 g/mol. The number of halogens is 1. The van der Waals surface area contributed by atoms with E-state index < -0.39 is 0 Å². The summed E-state index contributed by atoms with van der Waals surface area (Å²) in [5.74, 6) is 0. The predicted octanol–water partition coefficient (Wildman–Crippen LogP) is 1.92. The largest absolute Gasteiger partial charge is 0.313 e. The average Bonchev–Trinajstić information content (AvgIpc) is 2.74. The molecule has 1 saturated heterocycles. The molecule has 2 rings (SSSR count). The van der Waals surface area contributed by atoms with Gasteiger partial charge in [0, 0.05) is 31.5 Å². The number of hydrogen-bond donors (Lipinski definition) is 1. The van der Waals surface area contributed by atoms with Crippen LogP contribution in [0.3, 0.4) is 0 Å².